The number of benzene rings is 1. The van der Waals surface area contributed by atoms with Crippen molar-refractivity contribution in [2.75, 3.05) is 13.1 Å². The number of nitrogens with zero attached hydrogens (tertiary/aromatic N) is 1. The lowest BCUT2D eigenvalue weighted by atomic mass is 9.79. The molecule has 1 saturated heterocycles. The Morgan fingerprint density at radius 3 is 2.73 bits per heavy atom. The molecule has 1 aromatic rings. The average Bonchev–Trinajstić information content (AvgIpc) is 2.96. The van der Waals surface area contributed by atoms with Crippen molar-refractivity contribution in [3.05, 3.63) is 29.8 Å². The highest BCUT2D eigenvalue weighted by molar-refractivity contribution is 5.28. The second kappa shape index (κ2) is 6.59. The Bertz CT molecular complexity index is 494. The number of likely N-dealkylation sites (tertiary alicyclic amines) is 1. The van der Waals surface area contributed by atoms with Crippen molar-refractivity contribution < 1.29 is 4.74 Å². The first-order chi connectivity index (χ1) is 10.5. The molecule has 2 fully saturated rings. The Morgan fingerprint density at radius 1 is 1.23 bits per heavy atom. The zero-order chi connectivity index (χ0) is 15.6. The summed E-state index contributed by atoms with van der Waals surface area (Å²) in [5, 5.41) is 0. The highest BCUT2D eigenvalue weighted by Gasteiger charge is 2.33. The summed E-state index contributed by atoms with van der Waals surface area (Å²) >= 11 is 0. The highest BCUT2D eigenvalue weighted by atomic mass is 16.5. The first kappa shape index (κ1) is 15.8. The van der Waals surface area contributed by atoms with Crippen molar-refractivity contribution in [3.8, 4) is 5.75 Å². The molecule has 1 aliphatic heterocycles. The van der Waals surface area contributed by atoms with Crippen LogP contribution in [-0.4, -0.2) is 30.1 Å². The van der Waals surface area contributed by atoms with Crippen LogP contribution in [0, 0.1) is 5.41 Å². The lowest BCUT2D eigenvalue weighted by molar-refractivity contribution is 0.0898. The van der Waals surface area contributed by atoms with E-state index < -0.39 is 0 Å². The molecule has 1 aromatic carbocycles. The number of hydrogen-bond donors (Lipinski definition) is 1. The van der Waals surface area contributed by atoms with Crippen LogP contribution in [0.1, 0.15) is 51.5 Å². The van der Waals surface area contributed by atoms with Crippen LogP contribution in [0.4, 0.5) is 0 Å². The number of piperidine rings is 1. The van der Waals surface area contributed by atoms with Gasteiger partial charge in [-0.25, -0.2) is 0 Å². The van der Waals surface area contributed by atoms with E-state index in [9.17, 15) is 0 Å². The van der Waals surface area contributed by atoms with Crippen molar-refractivity contribution in [2.24, 2.45) is 11.1 Å². The van der Waals surface area contributed by atoms with E-state index in [-0.39, 0.29) is 5.41 Å². The van der Waals surface area contributed by atoms with E-state index >= 15 is 0 Å². The van der Waals surface area contributed by atoms with Gasteiger partial charge in [-0.2, -0.15) is 0 Å². The van der Waals surface area contributed by atoms with Crippen LogP contribution in [0.2, 0.25) is 0 Å². The van der Waals surface area contributed by atoms with Crippen LogP contribution >= 0.6 is 0 Å². The highest BCUT2D eigenvalue weighted by Crippen LogP contribution is 2.29. The molecule has 3 nitrogen and oxygen atoms in total. The molecule has 0 spiro atoms. The molecule has 122 valence electrons. The van der Waals surface area contributed by atoms with Crippen LogP contribution in [0.25, 0.3) is 0 Å². The summed E-state index contributed by atoms with van der Waals surface area (Å²) < 4.78 is 6.12. The van der Waals surface area contributed by atoms with Crippen molar-refractivity contribution in [3.63, 3.8) is 0 Å². The van der Waals surface area contributed by atoms with E-state index in [2.05, 4.69) is 43.0 Å². The molecule has 1 aliphatic carbocycles. The smallest absolute Gasteiger partial charge is 0.120 e. The van der Waals surface area contributed by atoms with Gasteiger partial charge in [-0.1, -0.05) is 26.0 Å². The van der Waals surface area contributed by atoms with E-state index in [0.717, 1.165) is 31.8 Å². The minimum absolute atomic E-state index is 0.205. The fourth-order valence-electron chi connectivity index (χ4n) is 3.79. The lowest BCUT2D eigenvalue weighted by Crippen LogP contribution is -2.52. The van der Waals surface area contributed by atoms with Crippen molar-refractivity contribution in [1.29, 1.82) is 0 Å². The molecule has 1 saturated carbocycles. The van der Waals surface area contributed by atoms with Crippen LogP contribution in [-0.2, 0) is 6.54 Å². The number of hydrogen-bond acceptors (Lipinski definition) is 3. The van der Waals surface area contributed by atoms with Gasteiger partial charge in [0.15, 0.2) is 0 Å². The largest absolute Gasteiger partial charge is 0.490 e. The summed E-state index contributed by atoms with van der Waals surface area (Å²) in [6, 6.07) is 8.97. The van der Waals surface area contributed by atoms with E-state index in [1.54, 1.807) is 0 Å². The van der Waals surface area contributed by atoms with E-state index in [4.69, 9.17) is 10.5 Å². The fraction of sp³-hybridized carbons (Fsp3) is 0.684. The molecule has 1 heterocycles. The van der Waals surface area contributed by atoms with Gasteiger partial charge < -0.3 is 10.5 Å². The molecule has 2 aliphatic rings. The molecule has 3 heteroatoms. The molecule has 22 heavy (non-hydrogen) atoms. The molecule has 1 unspecified atom stereocenters. The number of ether oxygens (including phenoxy) is 1. The number of nitrogens with two attached hydrogens (primary N) is 1. The zero-order valence-electron chi connectivity index (χ0n) is 14.1. The molecule has 0 radical (unpaired) electrons. The predicted octanol–water partition coefficient (Wildman–Crippen LogP) is 3.57. The van der Waals surface area contributed by atoms with Crippen LogP contribution in [0.5, 0.6) is 5.75 Å². The minimum Gasteiger partial charge on any atom is -0.490 e. The number of rotatable bonds is 4. The third-order valence-corrected chi connectivity index (χ3v) is 5.30. The fourth-order valence-corrected chi connectivity index (χ4v) is 3.79. The second-order valence-corrected chi connectivity index (χ2v) is 7.77. The van der Waals surface area contributed by atoms with Crippen molar-refractivity contribution in [1.82, 2.24) is 4.90 Å². The Labute approximate surface area is 134 Å². The van der Waals surface area contributed by atoms with Crippen molar-refractivity contribution >= 4 is 0 Å². The normalized spacial score (nSPS) is 26.2. The monoisotopic (exact) mass is 302 g/mol. The summed E-state index contributed by atoms with van der Waals surface area (Å²) in [6.07, 6.45) is 6.57. The summed E-state index contributed by atoms with van der Waals surface area (Å²) in [5.74, 6) is 1.04. The third-order valence-electron chi connectivity index (χ3n) is 5.30. The maximum atomic E-state index is 6.24. The van der Waals surface area contributed by atoms with E-state index in [0.29, 0.717) is 12.1 Å². The van der Waals surface area contributed by atoms with Gasteiger partial charge in [0.25, 0.3) is 0 Å². The summed E-state index contributed by atoms with van der Waals surface area (Å²) in [5.41, 5.74) is 7.79. The van der Waals surface area contributed by atoms with Gasteiger partial charge in [-0.15, -0.1) is 0 Å². The SMILES string of the molecule is CC1(C)CN(Cc2cccc(OC3CCCC3)c2)CCC1N. The maximum Gasteiger partial charge on any atom is 0.120 e. The first-order valence-corrected chi connectivity index (χ1v) is 8.76. The van der Waals surface area contributed by atoms with Crippen LogP contribution < -0.4 is 10.5 Å². The Balaban J connectivity index is 1.60. The van der Waals surface area contributed by atoms with Gasteiger partial charge in [-0.3, -0.25) is 4.90 Å². The summed E-state index contributed by atoms with van der Waals surface area (Å²) in [4.78, 5) is 2.53. The summed E-state index contributed by atoms with van der Waals surface area (Å²) in [7, 11) is 0. The van der Waals surface area contributed by atoms with Gasteiger partial charge in [0.2, 0.25) is 0 Å². The molecule has 1 atom stereocenters. The van der Waals surface area contributed by atoms with E-state index in [1.165, 1.54) is 31.2 Å². The van der Waals surface area contributed by atoms with Crippen LogP contribution in [0.15, 0.2) is 24.3 Å². The topological polar surface area (TPSA) is 38.5 Å². The Morgan fingerprint density at radius 2 is 2.00 bits per heavy atom. The zero-order valence-corrected chi connectivity index (χ0v) is 14.1. The maximum absolute atomic E-state index is 6.24. The Kier molecular flexibility index (Phi) is 4.74. The van der Waals surface area contributed by atoms with Gasteiger partial charge in [0, 0.05) is 25.7 Å². The van der Waals surface area contributed by atoms with Gasteiger partial charge in [0.1, 0.15) is 5.75 Å². The van der Waals surface area contributed by atoms with Gasteiger partial charge >= 0.3 is 0 Å². The van der Waals surface area contributed by atoms with Gasteiger partial charge in [0.05, 0.1) is 6.10 Å². The van der Waals surface area contributed by atoms with Gasteiger partial charge in [-0.05, 0) is 55.2 Å². The lowest BCUT2D eigenvalue weighted by Gasteiger charge is -2.42. The molecular formula is C19H30N2O. The molecular weight excluding hydrogens is 272 g/mol. The standard InChI is InChI=1S/C19H30N2O/c1-19(2)14-21(11-10-18(19)20)13-15-6-5-9-17(12-15)22-16-7-3-4-8-16/h5-6,9,12,16,18H,3-4,7-8,10-11,13-14,20H2,1-2H3. The Hall–Kier alpha value is -1.06. The average molecular weight is 302 g/mol. The first-order valence-electron chi connectivity index (χ1n) is 8.76. The minimum atomic E-state index is 0.205. The molecule has 0 aromatic heterocycles. The predicted molar refractivity (Wildman–Crippen MR) is 91.0 cm³/mol. The molecule has 3 rings (SSSR count). The van der Waals surface area contributed by atoms with Crippen LogP contribution in [0.3, 0.4) is 0 Å². The van der Waals surface area contributed by atoms with E-state index in [1.807, 2.05) is 0 Å². The summed E-state index contributed by atoms with van der Waals surface area (Å²) in [6.45, 7) is 7.73. The van der Waals surface area contributed by atoms with Crippen molar-refractivity contribution in [2.45, 2.75) is 64.6 Å². The molecule has 0 bridgehead atoms. The molecule has 2 N–H and O–H groups in total. The quantitative estimate of drug-likeness (QED) is 0.924. The second-order valence-electron chi connectivity index (χ2n) is 7.77. The molecule has 0 amide bonds. The third kappa shape index (κ3) is 3.82.